The number of fused-ring (bicyclic) bond motifs is 1. The van der Waals surface area contributed by atoms with Crippen molar-refractivity contribution >= 4 is 37.7 Å². The van der Waals surface area contributed by atoms with Gasteiger partial charge in [-0.3, -0.25) is 9.13 Å². The molecule has 9 heteroatoms. The Morgan fingerprint density at radius 3 is 1.71 bits per heavy atom. The molecule has 6 nitrogen and oxygen atoms in total. The summed E-state index contributed by atoms with van der Waals surface area (Å²) in [6, 6.07) is 13.6. The third-order valence-electron chi connectivity index (χ3n) is 3.76. The highest BCUT2D eigenvalue weighted by molar-refractivity contribution is 8.12. The molecule has 0 aliphatic carbocycles. The second-order valence-corrected chi connectivity index (χ2v) is 12.2. The summed E-state index contributed by atoms with van der Waals surface area (Å²) in [4.78, 5) is 0.808. The average molecular weight is 446 g/mol. The first kappa shape index (κ1) is 23.6. The molecule has 0 saturated heterocycles. The fourth-order valence-electron chi connectivity index (χ4n) is 2.76. The summed E-state index contributed by atoms with van der Waals surface area (Å²) in [5.74, 6) is 0. The molecular formula is C19H28O6P2S. The van der Waals surface area contributed by atoms with Crippen LogP contribution in [0.15, 0.2) is 47.4 Å². The van der Waals surface area contributed by atoms with E-state index in [-0.39, 0.29) is 26.4 Å². The van der Waals surface area contributed by atoms with Gasteiger partial charge in [0.2, 0.25) is 4.73 Å². The van der Waals surface area contributed by atoms with Gasteiger partial charge >= 0.3 is 15.2 Å². The van der Waals surface area contributed by atoms with E-state index < -0.39 is 19.9 Å². The van der Waals surface area contributed by atoms with Crippen molar-refractivity contribution < 1.29 is 27.2 Å². The minimum atomic E-state index is -3.80. The molecule has 0 bridgehead atoms. The first-order valence-electron chi connectivity index (χ1n) is 9.36. The Balaban J connectivity index is 2.59. The van der Waals surface area contributed by atoms with Crippen LogP contribution in [0.25, 0.3) is 10.8 Å². The van der Waals surface area contributed by atoms with Gasteiger partial charge in [-0.25, -0.2) is 0 Å². The molecule has 0 saturated carbocycles. The molecule has 2 rings (SSSR count). The van der Waals surface area contributed by atoms with Crippen molar-refractivity contribution in [3.8, 4) is 0 Å². The smallest absolute Gasteiger partial charge is 0.308 e. The van der Waals surface area contributed by atoms with Crippen LogP contribution in [-0.2, 0) is 27.2 Å². The van der Waals surface area contributed by atoms with Gasteiger partial charge in [-0.2, -0.15) is 0 Å². The van der Waals surface area contributed by atoms with Crippen LogP contribution in [0.3, 0.4) is 0 Å². The molecule has 2 aromatic carbocycles. The van der Waals surface area contributed by atoms with Crippen molar-refractivity contribution in [1.82, 2.24) is 0 Å². The normalized spacial score (nSPS) is 12.8. The quantitative estimate of drug-likeness (QED) is 0.264. The Morgan fingerprint density at radius 2 is 1.21 bits per heavy atom. The summed E-state index contributed by atoms with van der Waals surface area (Å²) in [5, 5.41) is 1.98. The minimum Gasteiger partial charge on any atom is -0.308 e. The number of thioether (sulfide) groups is 1. The second-order valence-electron chi connectivity index (χ2n) is 5.67. The van der Waals surface area contributed by atoms with Crippen LogP contribution in [0.1, 0.15) is 27.7 Å². The van der Waals surface area contributed by atoms with Crippen LogP contribution in [0.4, 0.5) is 0 Å². The lowest BCUT2D eigenvalue weighted by molar-refractivity contribution is 0.203. The molecule has 28 heavy (non-hydrogen) atoms. The molecule has 0 aliphatic rings. The molecule has 0 N–H and O–H groups in total. The topological polar surface area (TPSA) is 71.1 Å². The van der Waals surface area contributed by atoms with Crippen LogP contribution in [-0.4, -0.2) is 31.2 Å². The predicted octanol–water partition coefficient (Wildman–Crippen LogP) is 6.75. The molecule has 156 valence electrons. The Hall–Kier alpha value is -0.650. The predicted molar refractivity (Wildman–Crippen MR) is 115 cm³/mol. The van der Waals surface area contributed by atoms with Crippen LogP contribution in [0.5, 0.6) is 0 Å². The van der Waals surface area contributed by atoms with E-state index >= 15 is 0 Å². The lowest BCUT2D eigenvalue weighted by Crippen LogP contribution is -2.15. The number of rotatable bonds is 12. The van der Waals surface area contributed by atoms with Crippen molar-refractivity contribution in [2.75, 3.05) is 26.4 Å². The number of hydrogen-bond acceptors (Lipinski definition) is 7. The first-order valence-corrected chi connectivity index (χ1v) is 13.5. The van der Waals surface area contributed by atoms with E-state index in [0.717, 1.165) is 15.7 Å². The van der Waals surface area contributed by atoms with Gasteiger partial charge in [0.1, 0.15) is 0 Å². The number of hydrogen-bond donors (Lipinski definition) is 0. The van der Waals surface area contributed by atoms with E-state index in [9.17, 15) is 9.13 Å². The summed E-state index contributed by atoms with van der Waals surface area (Å²) < 4.78 is 48.3. The molecule has 0 atom stereocenters. The lowest BCUT2D eigenvalue weighted by Gasteiger charge is -2.31. The van der Waals surface area contributed by atoms with Gasteiger partial charge in [-0.1, -0.05) is 48.2 Å². The second kappa shape index (κ2) is 10.9. The SMILES string of the molecule is CCOP(=O)(OCC)C(Sc1cccc2ccccc12)P(=O)(OCC)OCC. The summed E-state index contributed by atoms with van der Waals surface area (Å²) in [7, 11) is -7.61. The zero-order chi connectivity index (χ0) is 20.6. The minimum absolute atomic E-state index is 0.155. The Bertz CT molecular complexity index is 804. The van der Waals surface area contributed by atoms with E-state index in [1.165, 1.54) is 11.8 Å². The molecule has 2 aromatic rings. The molecule has 0 heterocycles. The monoisotopic (exact) mass is 446 g/mol. The first-order chi connectivity index (χ1) is 13.4. The third-order valence-corrected chi connectivity index (χ3v) is 12.0. The third kappa shape index (κ3) is 5.48. The van der Waals surface area contributed by atoms with Crippen LogP contribution in [0, 0.1) is 0 Å². The highest BCUT2D eigenvalue weighted by atomic mass is 32.2. The van der Waals surface area contributed by atoms with Gasteiger partial charge in [-0.15, -0.1) is 0 Å². The van der Waals surface area contributed by atoms with Crippen molar-refractivity contribution in [2.45, 2.75) is 37.3 Å². The Kier molecular flexibility index (Phi) is 9.23. The van der Waals surface area contributed by atoms with E-state index in [1.54, 1.807) is 27.7 Å². The average Bonchev–Trinajstić information content (AvgIpc) is 2.66. The van der Waals surface area contributed by atoms with E-state index in [4.69, 9.17) is 18.1 Å². The van der Waals surface area contributed by atoms with Crippen LogP contribution < -0.4 is 0 Å². The largest absolute Gasteiger partial charge is 0.356 e. The van der Waals surface area contributed by atoms with Gasteiger partial charge in [0, 0.05) is 4.90 Å². The molecule has 0 aliphatic heterocycles. The Labute approximate surface area is 171 Å². The summed E-state index contributed by atoms with van der Waals surface area (Å²) >= 11 is 1.17. The fraction of sp³-hybridized carbons (Fsp3) is 0.474. The zero-order valence-electron chi connectivity index (χ0n) is 16.7. The Morgan fingerprint density at radius 1 is 0.750 bits per heavy atom. The molecule has 0 unspecified atom stereocenters. The molecule has 0 radical (unpaired) electrons. The van der Waals surface area contributed by atoms with E-state index in [1.807, 2.05) is 42.5 Å². The van der Waals surface area contributed by atoms with Crippen molar-refractivity contribution in [2.24, 2.45) is 0 Å². The highest BCUT2D eigenvalue weighted by Crippen LogP contribution is 2.75. The summed E-state index contributed by atoms with van der Waals surface area (Å²) in [6.07, 6.45) is 0. The van der Waals surface area contributed by atoms with Gasteiger partial charge in [0.25, 0.3) is 0 Å². The maximum atomic E-state index is 13.7. The highest BCUT2D eigenvalue weighted by Gasteiger charge is 2.51. The molecule has 0 spiro atoms. The number of benzene rings is 2. The summed E-state index contributed by atoms with van der Waals surface area (Å²) in [6.45, 7) is 7.50. The molecular weight excluding hydrogens is 418 g/mol. The molecule has 0 amide bonds. The van der Waals surface area contributed by atoms with Crippen molar-refractivity contribution in [1.29, 1.82) is 0 Å². The molecule has 0 fully saturated rings. The van der Waals surface area contributed by atoms with Gasteiger partial charge in [0.15, 0.2) is 0 Å². The molecule has 0 aromatic heterocycles. The standard InChI is InChI=1S/C19H28O6P2S/c1-5-22-26(20,23-6-2)19(27(21,24-7-3)25-8-4)28-18-15-11-13-16-12-9-10-14-17(16)18/h9-15,19H,5-8H2,1-4H3. The van der Waals surface area contributed by atoms with E-state index in [0.29, 0.717) is 0 Å². The maximum Gasteiger partial charge on any atom is 0.356 e. The van der Waals surface area contributed by atoms with Gasteiger partial charge < -0.3 is 18.1 Å². The zero-order valence-corrected chi connectivity index (χ0v) is 19.3. The van der Waals surface area contributed by atoms with Crippen molar-refractivity contribution in [3.63, 3.8) is 0 Å². The van der Waals surface area contributed by atoms with Crippen LogP contribution >= 0.6 is 27.0 Å². The van der Waals surface area contributed by atoms with E-state index in [2.05, 4.69) is 0 Å². The van der Waals surface area contributed by atoms with Gasteiger partial charge in [0.05, 0.1) is 26.4 Å². The van der Waals surface area contributed by atoms with Crippen molar-refractivity contribution in [3.05, 3.63) is 42.5 Å². The van der Waals surface area contributed by atoms with Gasteiger partial charge in [-0.05, 0) is 44.5 Å². The van der Waals surface area contributed by atoms with Crippen LogP contribution in [0.2, 0.25) is 0 Å². The maximum absolute atomic E-state index is 13.7. The fourth-order valence-corrected chi connectivity index (χ4v) is 10.2. The lowest BCUT2D eigenvalue weighted by atomic mass is 10.1. The summed E-state index contributed by atoms with van der Waals surface area (Å²) in [5.41, 5.74) is 0.